The Morgan fingerprint density at radius 3 is 2.50 bits per heavy atom. The SMILES string of the molecule is COc1ccc(C=CC(=O)Nc2cc(C)ccc2C)cc1S(=O)(=O)N1CCCCC1. The predicted molar refractivity (Wildman–Crippen MR) is 119 cm³/mol. The van der Waals surface area contributed by atoms with Crippen molar-refractivity contribution in [1.29, 1.82) is 0 Å². The van der Waals surface area contributed by atoms with E-state index < -0.39 is 10.0 Å². The number of methoxy groups -OCH3 is 1. The van der Waals surface area contributed by atoms with Crippen LogP contribution in [0.15, 0.2) is 47.4 Å². The molecule has 0 aliphatic carbocycles. The lowest BCUT2D eigenvalue weighted by molar-refractivity contribution is -0.111. The van der Waals surface area contributed by atoms with Crippen LogP contribution in [0.4, 0.5) is 5.69 Å². The van der Waals surface area contributed by atoms with E-state index in [0.29, 0.717) is 24.4 Å². The van der Waals surface area contributed by atoms with Crippen LogP contribution in [0.3, 0.4) is 0 Å². The van der Waals surface area contributed by atoms with Crippen molar-refractivity contribution >= 4 is 27.7 Å². The van der Waals surface area contributed by atoms with Gasteiger partial charge in [0.05, 0.1) is 7.11 Å². The van der Waals surface area contributed by atoms with Crippen LogP contribution in [0.5, 0.6) is 5.75 Å². The Labute approximate surface area is 178 Å². The molecule has 3 rings (SSSR count). The van der Waals surface area contributed by atoms with E-state index in [0.717, 1.165) is 36.1 Å². The van der Waals surface area contributed by atoms with Crippen molar-refractivity contribution in [3.8, 4) is 5.75 Å². The molecular formula is C23H28N2O4S. The second kappa shape index (κ2) is 9.45. The van der Waals surface area contributed by atoms with Crippen LogP contribution < -0.4 is 10.1 Å². The van der Waals surface area contributed by atoms with E-state index in [1.54, 1.807) is 24.3 Å². The number of sulfonamides is 1. The second-order valence-corrected chi connectivity index (χ2v) is 9.42. The van der Waals surface area contributed by atoms with Crippen LogP contribution in [0.1, 0.15) is 36.0 Å². The van der Waals surface area contributed by atoms with Gasteiger partial charge in [-0.05, 0) is 67.7 Å². The number of hydrogen-bond donors (Lipinski definition) is 1. The Balaban J connectivity index is 1.82. The van der Waals surface area contributed by atoms with E-state index in [1.165, 1.54) is 17.5 Å². The molecule has 1 aliphatic rings. The molecular weight excluding hydrogens is 400 g/mol. The zero-order chi connectivity index (χ0) is 21.7. The molecule has 0 radical (unpaired) electrons. The topological polar surface area (TPSA) is 75.7 Å². The Bertz CT molecular complexity index is 1050. The van der Waals surface area contributed by atoms with Gasteiger partial charge in [-0.15, -0.1) is 0 Å². The fourth-order valence-electron chi connectivity index (χ4n) is 3.46. The smallest absolute Gasteiger partial charge is 0.248 e. The lowest BCUT2D eigenvalue weighted by atomic mass is 10.1. The average Bonchev–Trinajstić information content (AvgIpc) is 2.75. The lowest BCUT2D eigenvalue weighted by Crippen LogP contribution is -2.35. The first kappa shape index (κ1) is 22.1. The molecule has 0 unspecified atom stereocenters. The van der Waals surface area contributed by atoms with Gasteiger partial charge >= 0.3 is 0 Å². The number of anilines is 1. The summed E-state index contributed by atoms with van der Waals surface area (Å²) in [4.78, 5) is 12.5. The largest absolute Gasteiger partial charge is 0.495 e. The highest BCUT2D eigenvalue weighted by Gasteiger charge is 2.29. The molecule has 1 heterocycles. The molecule has 0 atom stereocenters. The van der Waals surface area contributed by atoms with Crippen LogP contribution in [0.25, 0.3) is 6.08 Å². The van der Waals surface area contributed by atoms with Crippen molar-refractivity contribution in [1.82, 2.24) is 4.31 Å². The van der Waals surface area contributed by atoms with Crippen LogP contribution >= 0.6 is 0 Å². The van der Waals surface area contributed by atoms with Crippen LogP contribution in [0.2, 0.25) is 0 Å². The van der Waals surface area contributed by atoms with Crippen molar-refractivity contribution < 1.29 is 17.9 Å². The molecule has 6 nitrogen and oxygen atoms in total. The third kappa shape index (κ3) is 5.09. The molecule has 1 amide bonds. The number of carbonyl (C=O) groups is 1. The Morgan fingerprint density at radius 2 is 1.80 bits per heavy atom. The summed E-state index contributed by atoms with van der Waals surface area (Å²) in [7, 11) is -2.19. The van der Waals surface area contributed by atoms with Crippen molar-refractivity contribution in [3.05, 3.63) is 59.2 Å². The van der Waals surface area contributed by atoms with Gasteiger partial charge in [-0.25, -0.2) is 8.42 Å². The monoisotopic (exact) mass is 428 g/mol. The third-order valence-electron chi connectivity index (χ3n) is 5.20. The number of piperidine rings is 1. The maximum absolute atomic E-state index is 13.1. The highest BCUT2D eigenvalue weighted by atomic mass is 32.2. The Hall–Kier alpha value is -2.64. The van der Waals surface area contributed by atoms with E-state index in [4.69, 9.17) is 4.74 Å². The van der Waals surface area contributed by atoms with Crippen molar-refractivity contribution in [2.24, 2.45) is 0 Å². The number of ether oxygens (including phenoxy) is 1. The summed E-state index contributed by atoms with van der Waals surface area (Å²) >= 11 is 0. The molecule has 1 fully saturated rings. The Morgan fingerprint density at radius 1 is 1.07 bits per heavy atom. The number of rotatable bonds is 6. The van der Waals surface area contributed by atoms with Gasteiger partial charge in [-0.2, -0.15) is 4.31 Å². The van der Waals surface area contributed by atoms with Crippen molar-refractivity contribution in [2.75, 3.05) is 25.5 Å². The van der Waals surface area contributed by atoms with Gasteiger partial charge < -0.3 is 10.1 Å². The van der Waals surface area contributed by atoms with E-state index in [9.17, 15) is 13.2 Å². The number of benzene rings is 2. The fraction of sp³-hybridized carbons (Fsp3) is 0.348. The van der Waals surface area contributed by atoms with E-state index >= 15 is 0 Å². The van der Waals surface area contributed by atoms with Gasteiger partial charge in [-0.1, -0.05) is 24.6 Å². The highest BCUT2D eigenvalue weighted by molar-refractivity contribution is 7.89. The minimum Gasteiger partial charge on any atom is -0.495 e. The third-order valence-corrected chi connectivity index (χ3v) is 7.12. The normalized spacial score (nSPS) is 15.3. The van der Waals surface area contributed by atoms with Gasteiger partial charge in [0.1, 0.15) is 10.6 Å². The predicted octanol–water partition coefficient (Wildman–Crippen LogP) is 4.14. The van der Waals surface area contributed by atoms with Crippen LogP contribution in [-0.4, -0.2) is 38.8 Å². The minimum atomic E-state index is -3.65. The number of amides is 1. The first-order valence-corrected chi connectivity index (χ1v) is 11.5. The summed E-state index contributed by atoms with van der Waals surface area (Å²) in [5, 5.41) is 2.86. The summed E-state index contributed by atoms with van der Waals surface area (Å²) in [6, 6.07) is 10.8. The second-order valence-electron chi connectivity index (χ2n) is 7.52. The van der Waals surface area contributed by atoms with Gasteiger partial charge in [0, 0.05) is 24.9 Å². The van der Waals surface area contributed by atoms with Gasteiger partial charge in [0.15, 0.2) is 0 Å². The zero-order valence-electron chi connectivity index (χ0n) is 17.6. The van der Waals surface area contributed by atoms with Gasteiger partial charge in [0.2, 0.25) is 15.9 Å². The molecule has 7 heteroatoms. The molecule has 160 valence electrons. The molecule has 1 saturated heterocycles. The number of hydrogen-bond acceptors (Lipinski definition) is 4. The number of nitrogens with zero attached hydrogens (tertiary/aromatic N) is 1. The minimum absolute atomic E-state index is 0.129. The number of aryl methyl sites for hydroxylation is 2. The van der Waals surface area contributed by atoms with Crippen molar-refractivity contribution in [3.63, 3.8) is 0 Å². The van der Waals surface area contributed by atoms with Gasteiger partial charge in [-0.3, -0.25) is 4.79 Å². The summed E-state index contributed by atoms with van der Waals surface area (Å²) in [5.41, 5.74) is 3.40. The maximum atomic E-state index is 13.1. The maximum Gasteiger partial charge on any atom is 0.248 e. The number of carbonyl (C=O) groups excluding carboxylic acids is 1. The van der Waals surface area contributed by atoms with Crippen LogP contribution in [0, 0.1) is 13.8 Å². The van der Waals surface area contributed by atoms with Crippen molar-refractivity contribution in [2.45, 2.75) is 38.0 Å². The zero-order valence-corrected chi connectivity index (χ0v) is 18.5. The molecule has 30 heavy (non-hydrogen) atoms. The summed E-state index contributed by atoms with van der Waals surface area (Å²) in [6.45, 7) is 4.93. The summed E-state index contributed by atoms with van der Waals surface area (Å²) < 4.78 is 33.0. The van der Waals surface area contributed by atoms with E-state index in [-0.39, 0.29) is 10.8 Å². The highest BCUT2D eigenvalue weighted by Crippen LogP contribution is 2.30. The molecule has 2 aromatic carbocycles. The molecule has 0 aromatic heterocycles. The molecule has 2 aromatic rings. The summed E-state index contributed by atoms with van der Waals surface area (Å²) in [5.74, 6) is 0.0255. The lowest BCUT2D eigenvalue weighted by Gasteiger charge is -2.26. The van der Waals surface area contributed by atoms with Gasteiger partial charge in [0.25, 0.3) is 0 Å². The first-order chi connectivity index (χ1) is 14.3. The standard InChI is InChI=1S/C23H28N2O4S/c1-17-7-8-18(2)20(15-17)24-23(26)12-10-19-9-11-21(29-3)22(16-19)30(27,28)25-13-5-4-6-14-25/h7-12,15-16H,4-6,13-14H2,1-3H3,(H,24,26). The Kier molecular flexibility index (Phi) is 6.95. The fourth-order valence-corrected chi connectivity index (χ4v) is 5.17. The average molecular weight is 429 g/mol. The molecule has 0 bridgehead atoms. The molecule has 1 aliphatic heterocycles. The van der Waals surface area contributed by atoms with E-state index in [1.807, 2.05) is 32.0 Å². The van der Waals surface area contributed by atoms with E-state index in [2.05, 4.69) is 5.32 Å². The number of nitrogens with one attached hydrogen (secondary N) is 1. The molecule has 0 saturated carbocycles. The summed E-state index contributed by atoms with van der Waals surface area (Å²) in [6.07, 6.45) is 5.77. The van der Waals surface area contributed by atoms with Crippen LogP contribution in [-0.2, 0) is 14.8 Å². The molecule has 0 spiro atoms. The molecule has 1 N–H and O–H groups in total. The first-order valence-electron chi connectivity index (χ1n) is 10.1. The quantitative estimate of drug-likeness (QED) is 0.702.